The van der Waals surface area contributed by atoms with E-state index in [4.69, 9.17) is 4.74 Å². The van der Waals surface area contributed by atoms with Gasteiger partial charge in [-0.1, -0.05) is 42.5 Å². The number of rotatable bonds is 7. The van der Waals surface area contributed by atoms with E-state index in [0.29, 0.717) is 17.5 Å². The molecule has 1 saturated heterocycles. The third kappa shape index (κ3) is 4.81. The SMILES string of the molecule is COC(=O)c1ccc(CN2CCC(CN[C@@H]3C[C@H]3c3ccccc3)CC2)cc1. The molecule has 4 heteroatoms. The van der Waals surface area contributed by atoms with Crippen LogP contribution in [0.5, 0.6) is 0 Å². The summed E-state index contributed by atoms with van der Waals surface area (Å²) in [5.41, 5.74) is 3.35. The molecule has 4 rings (SSSR count). The van der Waals surface area contributed by atoms with Crippen LogP contribution in [0.15, 0.2) is 54.6 Å². The van der Waals surface area contributed by atoms with Crippen molar-refractivity contribution in [2.45, 2.75) is 37.8 Å². The topological polar surface area (TPSA) is 41.6 Å². The Morgan fingerprint density at radius 1 is 1.07 bits per heavy atom. The van der Waals surface area contributed by atoms with Gasteiger partial charge in [-0.3, -0.25) is 4.90 Å². The molecular weight excluding hydrogens is 348 g/mol. The Balaban J connectivity index is 1.17. The molecule has 1 N–H and O–H groups in total. The summed E-state index contributed by atoms with van der Waals surface area (Å²) in [6.45, 7) is 4.41. The highest BCUT2D eigenvalue weighted by molar-refractivity contribution is 5.89. The number of benzene rings is 2. The zero-order chi connectivity index (χ0) is 19.3. The van der Waals surface area contributed by atoms with Crippen LogP contribution in [0.1, 0.15) is 46.7 Å². The highest BCUT2D eigenvalue weighted by Crippen LogP contribution is 2.40. The molecule has 148 valence electrons. The lowest BCUT2D eigenvalue weighted by atomic mass is 9.96. The highest BCUT2D eigenvalue weighted by Gasteiger charge is 2.38. The maximum atomic E-state index is 11.5. The summed E-state index contributed by atoms with van der Waals surface area (Å²) < 4.78 is 4.76. The predicted octanol–water partition coefficient (Wildman–Crippen LogP) is 3.83. The fourth-order valence-electron chi connectivity index (χ4n) is 4.28. The minimum absolute atomic E-state index is 0.273. The molecule has 2 atom stereocenters. The fraction of sp³-hybridized carbons (Fsp3) is 0.458. The lowest BCUT2D eigenvalue weighted by molar-refractivity contribution is 0.0600. The largest absolute Gasteiger partial charge is 0.465 e. The molecule has 4 nitrogen and oxygen atoms in total. The number of hydrogen-bond donors (Lipinski definition) is 1. The minimum atomic E-state index is -0.273. The molecular formula is C24H30N2O2. The average molecular weight is 379 g/mol. The molecule has 1 aliphatic carbocycles. The molecule has 0 bridgehead atoms. The Morgan fingerprint density at radius 3 is 2.46 bits per heavy atom. The number of likely N-dealkylation sites (tertiary alicyclic amines) is 1. The van der Waals surface area contributed by atoms with Gasteiger partial charge in [0.05, 0.1) is 12.7 Å². The third-order valence-corrected chi connectivity index (χ3v) is 6.18. The number of hydrogen-bond acceptors (Lipinski definition) is 4. The van der Waals surface area contributed by atoms with E-state index < -0.39 is 0 Å². The summed E-state index contributed by atoms with van der Waals surface area (Å²) in [4.78, 5) is 14.0. The monoisotopic (exact) mass is 378 g/mol. The highest BCUT2D eigenvalue weighted by atomic mass is 16.5. The Bertz CT molecular complexity index is 767. The first-order valence-corrected chi connectivity index (χ1v) is 10.4. The Labute approximate surface area is 167 Å². The number of ether oxygens (including phenoxy) is 1. The third-order valence-electron chi connectivity index (χ3n) is 6.18. The molecule has 0 amide bonds. The van der Waals surface area contributed by atoms with Crippen LogP contribution in [-0.2, 0) is 11.3 Å². The molecule has 0 aromatic heterocycles. The molecule has 1 saturated carbocycles. The molecule has 28 heavy (non-hydrogen) atoms. The van der Waals surface area contributed by atoms with Crippen molar-refractivity contribution in [1.82, 2.24) is 10.2 Å². The van der Waals surface area contributed by atoms with Crippen molar-refractivity contribution in [3.63, 3.8) is 0 Å². The number of nitrogens with one attached hydrogen (secondary N) is 1. The van der Waals surface area contributed by atoms with Crippen molar-refractivity contribution in [3.8, 4) is 0 Å². The molecule has 2 aliphatic rings. The first-order valence-electron chi connectivity index (χ1n) is 10.4. The normalized spacial score (nSPS) is 22.8. The van der Waals surface area contributed by atoms with Crippen molar-refractivity contribution in [2.24, 2.45) is 5.92 Å². The van der Waals surface area contributed by atoms with E-state index >= 15 is 0 Å². The van der Waals surface area contributed by atoms with E-state index in [1.54, 1.807) is 0 Å². The number of piperidine rings is 1. The maximum absolute atomic E-state index is 11.5. The average Bonchev–Trinajstić information content (AvgIpc) is 3.54. The first-order chi connectivity index (χ1) is 13.7. The standard InChI is InChI=1S/C24H30N2O2/c1-28-24(27)21-9-7-19(8-10-21)17-26-13-11-18(12-14-26)16-25-23-15-22(23)20-5-3-2-4-6-20/h2-10,18,22-23,25H,11-17H2,1H3/t22-,23+/m0/s1. The van der Waals surface area contributed by atoms with Gasteiger partial charge in [0.25, 0.3) is 0 Å². The van der Waals surface area contributed by atoms with Gasteiger partial charge in [-0.25, -0.2) is 4.79 Å². The van der Waals surface area contributed by atoms with Crippen molar-refractivity contribution < 1.29 is 9.53 Å². The molecule has 1 heterocycles. The lowest BCUT2D eigenvalue weighted by Gasteiger charge is -2.32. The summed E-state index contributed by atoms with van der Waals surface area (Å²) >= 11 is 0. The number of esters is 1. The molecule has 2 aromatic carbocycles. The van der Waals surface area contributed by atoms with Crippen LogP contribution in [0, 0.1) is 5.92 Å². The van der Waals surface area contributed by atoms with Crippen LogP contribution in [0.25, 0.3) is 0 Å². The minimum Gasteiger partial charge on any atom is -0.465 e. The van der Waals surface area contributed by atoms with Gasteiger partial charge in [0.2, 0.25) is 0 Å². The maximum Gasteiger partial charge on any atom is 0.337 e. The molecule has 2 fully saturated rings. The summed E-state index contributed by atoms with van der Waals surface area (Å²) in [5, 5.41) is 3.80. The van der Waals surface area contributed by atoms with E-state index in [1.165, 1.54) is 37.5 Å². The van der Waals surface area contributed by atoms with E-state index in [2.05, 4.69) is 40.5 Å². The summed E-state index contributed by atoms with van der Waals surface area (Å²) in [6, 6.07) is 19.3. The van der Waals surface area contributed by atoms with Gasteiger partial charge in [0, 0.05) is 18.5 Å². The smallest absolute Gasteiger partial charge is 0.337 e. The molecule has 0 unspecified atom stereocenters. The zero-order valence-corrected chi connectivity index (χ0v) is 16.6. The Hall–Kier alpha value is -2.17. The molecule has 0 radical (unpaired) electrons. The van der Waals surface area contributed by atoms with Crippen LogP contribution in [0.2, 0.25) is 0 Å². The van der Waals surface area contributed by atoms with E-state index in [9.17, 15) is 4.79 Å². The van der Waals surface area contributed by atoms with Gasteiger partial charge >= 0.3 is 5.97 Å². The van der Waals surface area contributed by atoms with Crippen molar-refractivity contribution >= 4 is 5.97 Å². The second kappa shape index (κ2) is 8.89. The van der Waals surface area contributed by atoms with E-state index in [0.717, 1.165) is 32.1 Å². The van der Waals surface area contributed by atoms with Gasteiger partial charge < -0.3 is 10.1 Å². The van der Waals surface area contributed by atoms with Crippen LogP contribution in [-0.4, -0.2) is 43.7 Å². The molecule has 1 aliphatic heterocycles. The quantitative estimate of drug-likeness (QED) is 0.744. The number of nitrogens with zero attached hydrogens (tertiary/aromatic N) is 1. The molecule has 2 aromatic rings. The van der Waals surface area contributed by atoms with Gasteiger partial charge in [-0.2, -0.15) is 0 Å². The van der Waals surface area contributed by atoms with Gasteiger partial charge in [-0.05, 0) is 68.1 Å². The number of carbonyl (C=O) groups is 1. The van der Waals surface area contributed by atoms with Gasteiger partial charge in [0.1, 0.15) is 0 Å². The fourth-order valence-corrected chi connectivity index (χ4v) is 4.28. The van der Waals surface area contributed by atoms with Crippen LogP contribution in [0.4, 0.5) is 0 Å². The van der Waals surface area contributed by atoms with Crippen molar-refractivity contribution in [1.29, 1.82) is 0 Å². The summed E-state index contributed by atoms with van der Waals surface area (Å²) in [7, 11) is 1.42. The van der Waals surface area contributed by atoms with Crippen LogP contribution in [0.3, 0.4) is 0 Å². The summed E-state index contributed by atoms with van der Waals surface area (Å²) in [5.74, 6) is 1.23. The Morgan fingerprint density at radius 2 is 1.79 bits per heavy atom. The van der Waals surface area contributed by atoms with Crippen molar-refractivity contribution in [2.75, 3.05) is 26.7 Å². The van der Waals surface area contributed by atoms with E-state index in [1.807, 2.05) is 24.3 Å². The lowest BCUT2D eigenvalue weighted by Crippen LogP contribution is -2.37. The van der Waals surface area contributed by atoms with Crippen molar-refractivity contribution in [3.05, 3.63) is 71.3 Å². The van der Waals surface area contributed by atoms with E-state index in [-0.39, 0.29) is 5.97 Å². The van der Waals surface area contributed by atoms with Crippen LogP contribution < -0.4 is 5.32 Å². The molecule has 0 spiro atoms. The number of methoxy groups -OCH3 is 1. The second-order valence-corrected chi connectivity index (χ2v) is 8.18. The van der Waals surface area contributed by atoms with Gasteiger partial charge in [-0.15, -0.1) is 0 Å². The predicted molar refractivity (Wildman–Crippen MR) is 111 cm³/mol. The van der Waals surface area contributed by atoms with Gasteiger partial charge in [0.15, 0.2) is 0 Å². The first kappa shape index (κ1) is 19.2. The number of carbonyl (C=O) groups excluding carboxylic acids is 1. The Kier molecular flexibility index (Phi) is 6.08. The second-order valence-electron chi connectivity index (χ2n) is 8.18. The van der Waals surface area contributed by atoms with Crippen LogP contribution >= 0.6 is 0 Å². The zero-order valence-electron chi connectivity index (χ0n) is 16.6. The summed E-state index contributed by atoms with van der Waals surface area (Å²) in [6.07, 6.45) is 3.80.